The van der Waals surface area contributed by atoms with Crippen LogP contribution in [0.1, 0.15) is 24.0 Å². The number of H-pyrrole nitrogens is 1. The van der Waals surface area contributed by atoms with Gasteiger partial charge >= 0.3 is 0 Å². The van der Waals surface area contributed by atoms with Crippen molar-refractivity contribution in [1.29, 1.82) is 0 Å². The lowest BCUT2D eigenvalue weighted by Gasteiger charge is -2.13. The summed E-state index contributed by atoms with van der Waals surface area (Å²) < 4.78 is 0.957. The van der Waals surface area contributed by atoms with E-state index in [0.29, 0.717) is 0 Å². The van der Waals surface area contributed by atoms with E-state index in [1.165, 1.54) is 12.0 Å². The highest BCUT2D eigenvalue weighted by molar-refractivity contribution is 14.1. The average molecular weight is 275 g/mol. The van der Waals surface area contributed by atoms with E-state index in [0.717, 1.165) is 28.5 Å². The maximum Gasteiger partial charge on any atom is 0.252 e. The molecule has 2 nitrogen and oxygen atoms in total. The van der Waals surface area contributed by atoms with Gasteiger partial charge in [0.1, 0.15) is 0 Å². The lowest BCUT2D eigenvalue weighted by atomic mass is 9.93. The van der Waals surface area contributed by atoms with Crippen molar-refractivity contribution in [1.82, 2.24) is 4.98 Å². The molecule has 0 bridgehead atoms. The standard InChI is InChI=1S/C9H10INO/c10-8-5-6-3-1-2-4-7(6)9(12)11-8/h5H,1-4H2,(H,11,12). The van der Waals surface area contributed by atoms with Crippen molar-refractivity contribution in [3.63, 3.8) is 0 Å². The number of aromatic amines is 1. The SMILES string of the molecule is O=c1[nH]c(I)cc2c1CCCC2. The Labute approximate surface area is 84.5 Å². The van der Waals surface area contributed by atoms with Gasteiger partial charge < -0.3 is 4.98 Å². The molecule has 0 atom stereocenters. The monoisotopic (exact) mass is 275 g/mol. The van der Waals surface area contributed by atoms with E-state index >= 15 is 0 Å². The Morgan fingerprint density at radius 2 is 2.08 bits per heavy atom. The van der Waals surface area contributed by atoms with Gasteiger partial charge in [0.25, 0.3) is 5.56 Å². The predicted molar refractivity (Wildman–Crippen MR) is 56.4 cm³/mol. The summed E-state index contributed by atoms with van der Waals surface area (Å²) in [6.45, 7) is 0. The molecule has 0 spiro atoms. The molecule has 0 amide bonds. The highest BCUT2D eigenvalue weighted by Gasteiger charge is 2.12. The molecule has 1 aromatic heterocycles. The molecule has 1 heterocycles. The Balaban J connectivity index is 2.60. The Hall–Kier alpha value is -0.320. The first-order chi connectivity index (χ1) is 5.77. The first kappa shape index (κ1) is 8.29. The van der Waals surface area contributed by atoms with Crippen LogP contribution in [0.3, 0.4) is 0 Å². The van der Waals surface area contributed by atoms with Gasteiger partial charge in [-0.05, 0) is 59.9 Å². The molecule has 3 heteroatoms. The van der Waals surface area contributed by atoms with Gasteiger partial charge in [-0.2, -0.15) is 0 Å². The van der Waals surface area contributed by atoms with E-state index in [2.05, 4.69) is 33.6 Å². The van der Waals surface area contributed by atoms with E-state index < -0.39 is 0 Å². The number of halogens is 1. The highest BCUT2D eigenvalue weighted by Crippen LogP contribution is 2.18. The quantitative estimate of drug-likeness (QED) is 0.569. The third-order valence-electron chi connectivity index (χ3n) is 2.32. The molecule has 0 radical (unpaired) electrons. The van der Waals surface area contributed by atoms with Crippen LogP contribution in [0.25, 0.3) is 0 Å². The molecule has 0 aromatic carbocycles. The van der Waals surface area contributed by atoms with Crippen LogP contribution >= 0.6 is 22.6 Å². The zero-order valence-electron chi connectivity index (χ0n) is 6.69. The lowest BCUT2D eigenvalue weighted by molar-refractivity contribution is 0.675. The van der Waals surface area contributed by atoms with Crippen molar-refractivity contribution in [3.05, 3.63) is 31.2 Å². The van der Waals surface area contributed by atoms with Crippen LogP contribution in [0.2, 0.25) is 0 Å². The van der Waals surface area contributed by atoms with E-state index in [-0.39, 0.29) is 5.56 Å². The first-order valence-electron chi connectivity index (χ1n) is 4.18. The molecule has 0 saturated heterocycles. The zero-order valence-corrected chi connectivity index (χ0v) is 8.85. The number of aryl methyl sites for hydroxylation is 1. The fourth-order valence-electron chi connectivity index (χ4n) is 1.72. The second kappa shape index (κ2) is 3.20. The molecule has 0 unspecified atom stereocenters. The largest absolute Gasteiger partial charge is 0.317 e. The van der Waals surface area contributed by atoms with Gasteiger partial charge in [-0.1, -0.05) is 0 Å². The first-order valence-corrected chi connectivity index (χ1v) is 5.26. The number of pyridine rings is 1. The number of aromatic nitrogens is 1. The molecule has 0 saturated carbocycles. The third-order valence-corrected chi connectivity index (χ3v) is 2.90. The van der Waals surface area contributed by atoms with Crippen molar-refractivity contribution in [3.8, 4) is 0 Å². The van der Waals surface area contributed by atoms with Crippen LogP contribution in [0.4, 0.5) is 0 Å². The van der Waals surface area contributed by atoms with Crippen molar-refractivity contribution < 1.29 is 0 Å². The predicted octanol–water partition coefficient (Wildman–Crippen LogP) is 1.86. The van der Waals surface area contributed by atoms with Gasteiger partial charge in [0.05, 0.1) is 3.70 Å². The Morgan fingerprint density at radius 1 is 1.33 bits per heavy atom. The maximum absolute atomic E-state index is 11.4. The van der Waals surface area contributed by atoms with Gasteiger partial charge in [-0.3, -0.25) is 4.79 Å². The summed E-state index contributed by atoms with van der Waals surface area (Å²) in [7, 11) is 0. The van der Waals surface area contributed by atoms with Crippen LogP contribution in [0.5, 0.6) is 0 Å². The fourth-order valence-corrected chi connectivity index (χ4v) is 2.34. The number of nitrogens with one attached hydrogen (secondary N) is 1. The van der Waals surface area contributed by atoms with Crippen molar-refractivity contribution in [2.24, 2.45) is 0 Å². The van der Waals surface area contributed by atoms with E-state index in [4.69, 9.17) is 0 Å². The van der Waals surface area contributed by atoms with Crippen molar-refractivity contribution in [2.45, 2.75) is 25.7 Å². The lowest BCUT2D eigenvalue weighted by Crippen LogP contribution is -2.19. The molecule has 12 heavy (non-hydrogen) atoms. The van der Waals surface area contributed by atoms with Crippen molar-refractivity contribution >= 4 is 22.6 Å². The van der Waals surface area contributed by atoms with Gasteiger partial charge in [0.2, 0.25) is 0 Å². The number of hydrogen-bond acceptors (Lipinski definition) is 1. The summed E-state index contributed by atoms with van der Waals surface area (Å²) in [6, 6.07) is 2.09. The van der Waals surface area contributed by atoms with Crippen LogP contribution in [0.15, 0.2) is 10.9 Å². The van der Waals surface area contributed by atoms with Gasteiger partial charge in [-0.25, -0.2) is 0 Å². The van der Waals surface area contributed by atoms with E-state index in [9.17, 15) is 4.79 Å². The summed E-state index contributed by atoms with van der Waals surface area (Å²) in [5.41, 5.74) is 2.40. The summed E-state index contributed by atoms with van der Waals surface area (Å²) in [4.78, 5) is 14.3. The van der Waals surface area contributed by atoms with E-state index in [1.54, 1.807) is 0 Å². The van der Waals surface area contributed by atoms with Crippen LogP contribution in [-0.4, -0.2) is 4.98 Å². The molecule has 1 N–H and O–H groups in total. The molecule has 2 rings (SSSR count). The molecule has 0 fully saturated rings. The number of hydrogen-bond donors (Lipinski definition) is 1. The topological polar surface area (TPSA) is 32.9 Å². The normalized spacial score (nSPS) is 15.8. The number of rotatable bonds is 0. The minimum Gasteiger partial charge on any atom is -0.317 e. The molecular formula is C9H10INO. The maximum atomic E-state index is 11.4. The Bertz CT molecular complexity index is 356. The second-order valence-electron chi connectivity index (χ2n) is 3.16. The van der Waals surface area contributed by atoms with Crippen molar-refractivity contribution in [2.75, 3.05) is 0 Å². The minimum atomic E-state index is 0.122. The average Bonchev–Trinajstić information content (AvgIpc) is 2.04. The molecule has 1 aromatic rings. The summed E-state index contributed by atoms with van der Waals surface area (Å²) in [5, 5.41) is 0. The van der Waals surface area contributed by atoms with Crippen LogP contribution in [0, 0.1) is 3.70 Å². The minimum absolute atomic E-state index is 0.122. The molecule has 0 aliphatic heterocycles. The third kappa shape index (κ3) is 1.42. The summed E-state index contributed by atoms with van der Waals surface area (Å²) in [6.07, 6.45) is 4.43. The van der Waals surface area contributed by atoms with E-state index in [1.807, 2.05) is 0 Å². The smallest absolute Gasteiger partial charge is 0.252 e. The second-order valence-corrected chi connectivity index (χ2v) is 4.32. The molecular weight excluding hydrogens is 265 g/mol. The number of fused-ring (bicyclic) bond motifs is 1. The fraction of sp³-hybridized carbons (Fsp3) is 0.444. The zero-order chi connectivity index (χ0) is 8.55. The van der Waals surface area contributed by atoms with Gasteiger partial charge in [0.15, 0.2) is 0 Å². The van der Waals surface area contributed by atoms with Crippen LogP contribution in [-0.2, 0) is 12.8 Å². The molecule has 64 valence electrons. The Morgan fingerprint density at radius 3 is 2.92 bits per heavy atom. The summed E-state index contributed by atoms with van der Waals surface area (Å²) >= 11 is 2.16. The highest BCUT2D eigenvalue weighted by atomic mass is 127. The van der Waals surface area contributed by atoms with Gasteiger partial charge in [-0.15, -0.1) is 0 Å². The Kier molecular flexibility index (Phi) is 2.21. The molecule has 1 aliphatic rings. The summed E-state index contributed by atoms with van der Waals surface area (Å²) in [5.74, 6) is 0. The molecule has 1 aliphatic carbocycles. The van der Waals surface area contributed by atoms with Gasteiger partial charge in [0, 0.05) is 5.56 Å². The van der Waals surface area contributed by atoms with Crippen LogP contribution < -0.4 is 5.56 Å².